The summed E-state index contributed by atoms with van der Waals surface area (Å²) in [7, 11) is 0. The van der Waals surface area contributed by atoms with Gasteiger partial charge < -0.3 is 26.0 Å². The molecule has 3 heterocycles. The van der Waals surface area contributed by atoms with Crippen LogP contribution in [0.25, 0.3) is 11.2 Å². The van der Waals surface area contributed by atoms with E-state index in [0.717, 1.165) is 5.56 Å². The molecule has 11 heteroatoms. The van der Waals surface area contributed by atoms with Gasteiger partial charge in [0.1, 0.15) is 24.1 Å². The Balaban J connectivity index is 1.42. The topological polar surface area (TPSA) is 148 Å². The Labute approximate surface area is 170 Å². The molecule has 152 valence electrons. The number of carbonyl (C=O) groups excluding carboxylic acids is 1. The number of hydrogen-bond donors (Lipinski definition) is 4. The van der Waals surface area contributed by atoms with Crippen molar-refractivity contribution in [3.63, 3.8) is 0 Å². The Morgan fingerprint density at radius 3 is 2.86 bits per heavy atom. The molecule has 2 aromatic heterocycles. The smallest absolute Gasteiger partial charge is 0.224 e. The summed E-state index contributed by atoms with van der Waals surface area (Å²) < 4.78 is 6.85. The number of ether oxygens (including phenoxy) is 1. The predicted octanol–water partition coefficient (Wildman–Crippen LogP) is -0.174. The zero-order valence-corrected chi connectivity index (χ0v) is 16.0. The summed E-state index contributed by atoms with van der Waals surface area (Å²) in [4.78, 5) is 24.2. The molecule has 4 rings (SSSR count). The van der Waals surface area contributed by atoms with Crippen molar-refractivity contribution in [3.05, 3.63) is 47.5 Å². The van der Waals surface area contributed by atoms with Gasteiger partial charge in [-0.2, -0.15) is 0 Å². The van der Waals surface area contributed by atoms with Crippen LogP contribution >= 0.6 is 11.6 Å². The van der Waals surface area contributed by atoms with Crippen molar-refractivity contribution in [2.75, 3.05) is 18.9 Å². The van der Waals surface area contributed by atoms with E-state index in [4.69, 9.17) is 22.1 Å². The number of benzene rings is 1. The number of aliphatic hydroxyl groups excluding tert-OH is 1. The maximum atomic E-state index is 12.2. The zero-order chi connectivity index (χ0) is 20.6. The summed E-state index contributed by atoms with van der Waals surface area (Å²) in [5.41, 5.74) is 5.35. The molecule has 29 heavy (non-hydrogen) atoms. The minimum atomic E-state index is -1.80. The van der Waals surface area contributed by atoms with E-state index >= 15 is 0 Å². The SMILES string of the molecule is Nc1ncnc2c1ncn2C1(O)COC(CNC(=O)Cc2ccc(Cl)cc2)C1O. The average Bonchev–Trinajstić information content (AvgIpc) is 3.26. The van der Waals surface area contributed by atoms with Crippen LogP contribution in [0.4, 0.5) is 5.82 Å². The third kappa shape index (κ3) is 3.62. The first-order chi connectivity index (χ1) is 13.9. The van der Waals surface area contributed by atoms with Crippen LogP contribution in [0.1, 0.15) is 5.56 Å². The molecule has 5 N–H and O–H groups in total. The molecule has 0 radical (unpaired) electrons. The zero-order valence-electron chi connectivity index (χ0n) is 15.2. The van der Waals surface area contributed by atoms with Gasteiger partial charge in [0.05, 0.1) is 19.4 Å². The number of nitrogens with zero attached hydrogens (tertiary/aromatic N) is 4. The lowest BCUT2D eigenvalue weighted by atomic mass is 10.0. The fraction of sp³-hybridized carbons (Fsp3) is 0.333. The first-order valence-corrected chi connectivity index (χ1v) is 9.23. The number of halogens is 1. The molecule has 0 spiro atoms. The number of aliphatic hydroxyl groups is 2. The third-order valence-corrected chi connectivity index (χ3v) is 5.14. The molecule has 0 aliphatic carbocycles. The van der Waals surface area contributed by atoms with E-state index in [0.29, 0.717) is 10.5 Å². The number of carbonyl (C=O) groups is 1. The van der Waals surface area contributed by atoms with Gasteiger partial charge in [0, 0.05) is 11.6 Å². The highest BCUT2D eigenvalue weighted by atomic mass is 35.5. The quantitative estimate of drug-likeness (QED) is 0.446. The fourth-order valence-electron chi connectivity index (χ4n) is 3.29. The number of imidazole rings is 1. The summed E-state index contributed by atoms with van der Waals surface area (Å²) >= 11 is 5.84. The van der Waals surface area contributed by atoms with Crippen molar-refractivity contribution >= 4 is 34.5 Å². The lowest BCUT2D eigenvalue weighted by molar-refractivity contribution is -0.122. The average molecular weight is 419 g/mol. The molecule has 0 saturated carbocycles. The number of rotatable bonds is 5. The largest absolute Gasteiger partial charge is 0.385 e. The van der Waals surface area contributed by atoms with Crippen molar-refractivity contribution in [3.8, 4) is 0 Å². The number of amides is 1. The van der Waals surface area contributed by atoms with E-state index in [1.165, 1.54) is 17.2 Å². The molecule has 10 nitrogen and oxygen atoms in total. The summed E-state index contributed by atoms with van der Waals surface area (Å²) in [6.45, 7) is -0.180. The predicted molar refractivity (Wildman–Crippen MR) is 104 cm³/mol. The van der Waals surface area contributed by atoms with Crippen LogP contribution in [0.15, 0.2) is 36.9 Å². The van der Waals surface area contributed by atoms with Gasteiger partial charge >= 0.3 is 0 Å². The highest BCUT2D eigenvalue weighted by molar-refractivity contribution is 6.30. The standard InChI is InChI=1S/C18H19ClN6O4/c19-11-3-1-10(2-4-11)5-13(26)21-6-12-15(27)18(28,7-29-12)25-9-24-14-16(20)22-8-23-17(14)25/h1-4,8-9,12,15,27-28H,5-7H2,(H,21,26)(H2,20,22,23). The summed E-state index contributed by atoms with van der Waals surface area (Å²) in [5.74, 6) is -0.0797. The van der Waals surface area contributed by atoms with Crippen molar-refractivity contribution in [1.82, 2.24) is 24.8 Å². The summed E-state index contributed by atoms with van der Waals surface area (Å²) in [6.07, 6.45) is 0.587. The number of aromatic nitrogens is 4. The first-order valence-electron chi connectivity index (χ1n) is 8.85. The molecule has 1 aliphatic rings. The minimum Gasteiger partial charge on any atom is -0.385 e. The number of nitrogen functional groups attached to an aromatic ring is 1. The highest BCUT2D eigenvalue weighted by Crippen LogP contribution is 2.32. The Bertz CT molecular complexity index is 1040. The van der Waals surface area contributed by atoms with Crippen molar-refractivity contribution in [2.24, 2.45) is 0 Å². The second-order valence-corrected chi connectivity index (χ2v) is 7.26. The van der Waals surface area contributed by atoms with Gasteiger partial charge in [0.25, 0.3) is 0 Å². The van der Waals surface area contributed by atoms with Crippen molar-refractivity contribution in [1.29, 1.82) is 0 Å². The van der Waals surface area contributed by atoms with Crippen molar-refractivity contribution < 1.29 is 19.7 Å². The van der Waals surface area contributed by atoms with Crippen LogP contribution in [-0.4, -0.2) is 61.0 Å². The number of nitrogens with one attached hydrogen (secondary N) is 1. The van der Waals surface area contributed by atoms with Gasteiger partial charge in [-0.15, -0.1) is 0 Å². The Morgan fingerprint density at radius 1 is 1.34 bits per heavy atom. The number of nitrogens with two attached hydrogens (primary N) is 1. The molecule has 1 amide bonds. The second-order valence-electron chi connectivity index (χ2n) is 6.83. The Kier molecular flexibility index (Phi) is 5.09. The highest BCUT2D eigenvalue weighted by Gasteiger charge is 2.50. The molecular formula is C18H19ClN6O4. The van der Waals surface area contributed by atoms with Crippen LogP contribution in [-0.2, 0) is 21.7 Å². The van der Waals surface area contributed by atoms with E-state index < -0.39 is 17.9 Å². The molecule has 1 aromatic carbocycles. The van der Waals surface area contributed by atoms with Gasteiger partial charge in [0.15, 0.2) is 17.2 Å². The molecule has 3 aromatic rings. The molecule has 1 aliphatic heterocycles. The van der Waals surface area contributed by atoms with E-state index in [9.17, 15) is 15.0 Å². The number of anilines is 1. The fourth-order valence-corrected chi connectivity index (χ4v) is 3.41. The number of fused-ring (bicyclic) bond motifs is 1. The van der Waals surface area contributed by atoms with E-state index in [2.05, 4.69) is 20.3 Å². The summed E-state index contributed by atoms with van der Waals surface area (Å²) in [6, 6.07) is 6.94. The monoisotopic (exact) mass is 418 g/mol. The molecule has 3 unspecified atom stereocenters. The van der Waals surface area contributed by atoms with Gasteiger partial charge in [-0.05, 0) is 17.7 Å². The maximum Gasteiger partial charge on any atom is 0.224 e. The van der Waals surface area contributed by atoms with Gasteiger partial charge in [0.2, 0.25) is 5.91 Å². The van der Waals surface area contributed by atoms with Crippen LogP contribution in [0, 0.1) is 0 Å². The lowest BCUT2D eigenvalue weighted by Crippen LogP contribution is -2.48. The number of hydrogen-bond acceptors (Lipinski definition) is 8. The normalized spacial score (nSPS) is 24.1. The molecule has 1 fully saturated rings. The van der Waals surface area contributed by atoms with Crippen LogP contribution in [0.3, 0.4) is 0 Å². The third-order valence-electron chi connectivity index (χ3n) is 4.89. The Morgan fingerprint density at radius 2 is 2.10 bits per heavy atom. The molecule has 1 saturated heterocycles. The van der Waals surface area contributed by atoms with E-state index in [-0.39, 0.29) is 36.9 Å². The molecule has 3 atom stereocenters. The van der Waals surface area contributed by atoms with Crippen LogP contribution in [0.2, 0.25) is 5.02 Å². The molecule has 0 bridgehead atoms. The van der Waals surface area contributed by atoms with Gasteiger partial charge in [-0.25, -0.2) is 15.0 Å². The Hall–Kier alpha value is -2.79. The van der Waals surface area contributed by atoms with Crippen molar-refractivity contribution in [2.45, 2.75) is 24.4 Å². The van der Waals surface area contributed by atoms with Gasteiger partial charge in [-0.3, -0.25) is 9.36 Å². The van der Waals surface area contributed by atoms with Crippen LogP contribution < -0.4 is 11.1 Å². The van der Waals surface area contributed by atoms with E-state index in [1.807, 2.05) is 0 Å². The second kappa shape index (κ2) is 7.56. The van der Waals surface area contributed by atoms with Gasteiger partial charge in [-0.1, -0.05) is 23.7 Å². The van der Waals surface area contributed by atoms with Crippen LogP contribution in [0.5, 0.6) is 0 Å². The summed E-state index contributed by atoms with van der Waals surface area (Å²) in [5, 5.41) is 25.0. The lowest BCUT2D eigenvalue weighted by Gasteiger charge is -2.27. The minimum absolute atomic E-state index is 0.0274. The molecular weight excluding hydrogens is 400 g/mol. The van der Waals surface area contributed by atoms with E-state index in [1.54, 1.807) is 24.3 Å². The maximum absolute atomic E-state index is 12.2. The first kappa shape index (κ1) is 19.5.